The molecule has 1 atom stereocenters. The van der Waals surface area contributed by atoms with Gasteiger partial charge < -0.3 is 15.7 Å². The molecule has 1 aromatic carbocycles. The lowest BCUT2D eigenvalue weighted by Gasteiger charge is -2.19. The second-order valence-corrected chi connectivity index (χ2v) is 4.70. The molecule has 0 aliphatic carbocycles. The van der Waals surface area contributed by atoms with Crippen molar-refractivity contribution in [2.45, 2.75) is 13.1 Å². The van der Waals surface area contributed by atoms with Gasteiger partial charge in [0.25, 0.3) is 0 Å². The van der Waals surface area contributed by atoms with Crippen LogP contribution < -0.4 is 10.5 Å². The van der Waals surface area contributed by atoms with Crippen LogP contribution >= 0.6 is 15.9 Å². The maximum absolute atomic E-state index is 12.6. The van der Waals surface area contributed by atoms with E-state index in [1.165, 1.54) is 6.07 Å². The van der Waals surface area contributed by atoms with Crippen LogP contribution in [0, 0.1) is 12.8 Å². The lowest BCUT2D eigenvalue weighted by molar-refractivity contribution is -0.162. The molecule has 1 unspecified atom stereocenters. The Bertz CT molecular complexity index is 477. The van der Waals surface area contributed by atoms with Gasteiger partial charge in [-0.25, -0.2) is 0 Å². The van der Waals surface area contributed by atoms with E-state index in [4.69, 9.17) is 15.7 Å². The number of nitrogens with two attached hydrogens (primary N) is 1. The molecule has 4 nitrogen and oxygen atoms in total. The minimum atomic E-state index is -4.64. The highest BCUT2D eigenvalue weighted by Gasteiger charge is 2.43. The first-order chi connectivity index (χ1) is 8.75. The highest BCUT2D eigenvalue weighted by atomic mass is 79.9. The van der Waals surface area contributed by atoms with E-state index in [-0.39, 0.29) is 5.75 Å². The summed E-state index contributed by atoms with van der Waals surface area (Å²) in [6, 6.07) is 4.78. The van der Waals surface area contributed by atoms with Gasteiger partial charge >= 0.3 is 6.18 Å². The van der Waals surface area contributed by atoms with Crippen molar-refractivity contribution < 1.29 is 23.1 Å². The maximum atomic E-state index is 12.6. The molecule has 0 aromatic heterocycles. The summed E-state index contributed by atoms with van der Waals surface area (Å²) in [5, 5.41) is 10.7. The number of benzene rings is 1. The van der Waals surface area contributed by atoms with Crippen molar-refractivity contribution >= 4 is 21.8 Å². The van der Waals surface area contributed by atoms with Crippen LogP contribution in [0.15, 0.2) is 27.8 Å². The van der Waals surface area contributed by atoms with E-state index in [1.807, 2.05) is 0 Å². The Morgan fingerprint density at radius 3 is 2.63 bits per heavy atom. The molecular formula is C11H12BrF3N2O2. The summed E-state index contributed by atoms with van der Waals surface area (Å²) in [6.07, 6.45) is -4.64. The first-order valence-corrected chi connectivity index (χ1v) is 5.98. The van der Waals surface area contributed by atoms with Crippen molar-refractivity contribution in [3.8, 4) is 5.75 Å². The molecule has 0 saturated heterocycles. The molecular weight excluding hydrogens is 329 g/mol. The van der Waals surface area contributed by atoms with Crippen LogP contribution in [0.2, 0.25) is 0 Å². The summed E-state index contributed by atoms with van der Waals surface area (Å²) in [5.74, 6) is -2.80. The molecule has 3 N–H and O–H groups in total. The fourth-order valence-corrected chi connectivity index (χ4v) is 1.55. The molecule has 0 saturated carbocycles. The number of hydrogen-bond donors (Lipinski definition) is 2. The zero-order valence-corrected chi connectivity index (χ0v) is 11.5. The molecule has 0 aliphatic rings. The molecule has 0 heterocycles. The Hall–Kier alpha value is -1.44. The Morgan fingerprint density at radius 1 is 1.53 bits per heavy atom. The maximum Gasteiger partial charge on any atom is 0.402 e. The van der Waals surface area contributed by atoms with Crippen molar-refractivity contribution in [2.24, 2.45) is 16.8 Å². The SMILES string of the molecule is Cc1cc(OCC(/C(N)=N/O)C(F)(F)F)ccc1Br. The fraction of sp³-hybridized carbons (Fsp3) is 0.364. The Kier molecular flexibility index (Phi) is 5.04. The van der Waals surface area contributed by atoms with Crippen LogP contribution in [-0.4, -0.2) is 23.8 Å². The first kappa shape index (κ1) is 15.6. The summed E-state index contributed by atoms with van der Waals surface area (Å²) < 4.78 is 43.8. The van der Waals surface area contributed by atoms with Gasteiger partial charge in [-0.2, -0.15) is 13.2 Å². The molecule has 0 aliphatic heterocycles. The molecule has 19 heavy (non-hydrogen) atoms. The number of hydrogen-bond acceptors (Lipinski definition) is 3. The number of ether oxygens (including phenoxy) is 1. The van der Waals surface area contributed by atoms with Crippen LogP contribution in [0.3, 0.4) is 0 Å². The fourth-order valence-electron chi connectivity index (χ4n) is 1.30. The third kappa shape index (κ3) is 4.30. The average Bonchev–Trinajstić information content (AvgIpc) is 2.31. The summed E-state index contributed by atoms with van der Waals surface area (Å²) in [7, 11) is 0. The lowest BCUT2D eigenvalue weighted by Crippen LogP contribution is -2.40. The standard InChI is InChI=1S/C11H12BrF3N2O2/c1-6-4-7(2-3-9(6)12)19-5-8(10(16)17-18)11(13,14)15/h2-4,8,18H,5H2,1H3,(H2,16,17). The van der Waals surface area contributed by atoms with Gasteiger partial charge in [-0.3, -0.25) is 0 Å². The largest absolute Gasteiger partial charge is 0.492 e. The molecule has 0 radical (unpaired) electrons. The summed E-state index contributed by atoms with van der Waals surface area (Å²) in [6.45, 7) is 1.03. The quantitative estimate of drug-likeness (QED) is 0.383. The van der Waals surface area contributed by atoms with E-state index in [1.54, 1.807) is 19.1 Å². The second-order valence-electron chi connectivity index (χ2n) is 3.84. The van der Waals surface area contributed by atoms with Gasteiger partial charge in [-0.1, -0.05) is 21.1 Å². The van der Waals surface area contributed by atoms with Crippen LogP contribution in [-0.2, 0) is 0 Å². The lowest BCUT2D eigenvalue weighted by atomic mass is 10.1. The van der Waals surface area contributed by atoms with Crippen LogP contribution in [0.5, 0.6) is 5.75 Å². The minimum absolute atomic E-state index is 0.278. The monoisotopic (exact) mass is 340 g/mol. The zero-order valence-electron chi connectivity index (χ0n) is 9.91. The summed E-state index contributed by atoms with van der Waals surface area (Å²) in [4.78, 5) is 0. The van der Waals surface area contributed by atoms with Gasteiger partial charge in [0.2, 0.25) is 0 Å². The van der Waals surface area contributed by atoms with Crippen molar-refractivity contribution in [3.63, 3.8) is 0 Å². The van der Waals surface area contributed by atoms with E-state index in [0.29, 0.717) is 0 Å². The van der Waals surface area contributed by atoms with Crippen LogP contribution in [0.4, 0.5) is 13.2 Å². The Morgan fingerprint density at radius 2 is 2.16 bits per heavy atom. The normalized spacial score (nSPS) is 14.3. The smallest absolute Gasteiger partial charge is 0.402 e. The Balaban J connectivity index is 2.79. The highest BCUT2D eigenvalue weighted by molar-refractivity contribution is 9.10. The van der Waals surface area contributed by atoms with E-state index in [9.17, 15) is 13.2 Å². The van der Waals surface area contributed by atoms with Gasteiger partial charge in [0.1, 0.15) is 18.3 Å². The molecule has 0 amide bonds. The number of oxime groups is 1. The van der Waals surface area contributed by atoms with Crippen molar-refractivity contribution in [1.82, 2.24) is 0 Å². The number of alkyl halides is 3. The van der Waals surface area contributed by atoms with E-state index < -0.39 is 24.5 Å². The van der Waals surface area contributed by atoms with Gasteiger partial charge in [0.15, 0.2) is 5.84 Å². The predicted octanol–water partition coefficient (Wildman–Crippen LogP) is 3.06. The molecule has 0 fully saturated rings. The predicted molar refractivity (Wildman–Crippen MR) is 67.3 cm³/mol. The van der Waals surface area contributed by atoms with E-state index in [0.717, 1.165) is 10.0 Å². The van der Waals surface area contributed by atoms with Gasteiger partial charge in [0.05, 0.1) is 0 Å². The highest BCUT2D eigenvalue weighted by Crippen LogP contribution is 2.28. The summed E-state index contributed by atoms with van der Waals surface area (Å²) in [5.41, 5.74) is 5.84. The number of aryl methyl sites for hydroxylation is 1. The van der Waals surface area contributed by atoms with Gasteiger partial charge in [-0.05, 0) is 30.7 Å². The van der Waals surface area contributed by atoms with Crippen LogP contribution in [0.25, 0.3) is 0 Å². The average molecular weight is 341 g/mol. The molecule has 8 heteroatoms. The third-order valence-electron chi connectivity index (χ3n) is 2.41. The molecule has 106 valence electrons. The van der Waals surface area contributed by atoms with Gasteiger partial charge in [-0.15, -0.1) is 0 Å². The topological polar surface area (TPSA) is 67.8 Å². The minimum Gasteiger partial charge on any atom is -0.492 e. The molecule has 0 bridgehead atoms. The van der Waals surface area contributed by atoms with Crippen molar-refractivity contribution in [2.75, 3.05) is 6.61 Å². The number of nitrogens with zero attached hydrogens (tertiary/aromatic N) is 1. The number of amidine groups is 1. The third-order valence-corrected chi connectivity index (χ3v) is 3.30. The Labute approximate surface area is 116 Å². The molecule has 0 spiro atoms. The number of rotatable bonds is 4. The summed E-state index contributed by atoms with van der Waals surface area (Å²) >= 11 is 3.27. The molecule has 1 aromatic rings. The van der Waals surface area contributed by atoms with Crippen LogP contribution in [0.1, 0.15) is 5.56 Å². The van der Waals surface area contributed by atoms with E-state index >= 15 is 0 Å². The van der Waals surface area contributed by atoms with E-state index in [2.05, 4.69) is 21.1 Å². The molecule has 1 rings (SSSR count). The van der Waals surface area contributed by atoms with Crippen molar-refractivity contribution in [1.29, 1.82) is 0 Å². The van der Waals surface area contributed by atoms with Gasteiger partial charge in [0, 0.05) is 4.47 Å². The zero-order chi connectivity index (χ0) is 14.6. The number of halogens is 4. The van der Waals surface area contributed by atoms with Crippen molar-refractivity contribution in [3.05, 3.63) is 28.2 Å². The first-order valence-electron chi connectivity index (χ1n) is 5.18. The second kappa shape index (κ2) is 6.14.